The lowest BCUT2D eigenvalue weighted by atomic mass is 10.1. The molecule has 0 saturated carbocycles. The van der Waals surface area contributed by atoms with E-state index in [0.717, 1.165) is 68.0 Å². The van der Waals surface area contributed by atoms with E-state index in [9.17, 15) is 0 Å². The molecule has 0 amide bonds. The van der Waals surface area contributed by atoms with Gasteiger partial charge in [-0.3, -0.25) is 5.10 Å². The van der Waals surface area contributed by atoms with Gasteiger partial charge in [0, 0.05) is 50.4 Å². The van der Waals surface area contributed by atoms with Crippen LogP contribution in [0.15, 0.2) is 42.5 Å². The van der Waals surface area contributed by atoms with E-state index in [2.05, 4.69) is 63.6 Å². The molecule has 3 heterocycles. The zero-order valence-electron chi connectivity index (χ0n) is 16.5. The normalized spacial score (nSPS) is 15.0. The molecule has 7 heteroatoms. The van der Waals surface area contributed by atoms with E-state index in [1.54, 1.807) is 0 Å². The van der Waals surface area contributed by atoms with E-state index in [1.165, 1.54) is 5.56 Å². The second kappa shape index (κ2) is 8.39. The number of benzene rings is 1. The van der Waals surface area contributed by atoms with Crippen LogP contribution in [0.1, 0.15) is 23.9 Å². The van der Waals surface area contributed by atoms with Crippen LogP contribution in [-0.2, 0) is 12.8 Å². The molecule has 3 aromatic rings. The molecule has 1 aromatic carbocycles. The van der Waals surface area contributed by atoms with Gasteiger partial charge in [0.2, 0.25) is 5.95 Å². The van der Waals surface area contributed by atoms with Gasteiger partial charge in [-0.25, -0.2) is 4.98 Å². The summed E-state index contributed by atoms with van der Waals surface area (Å²) in [5.41, 5.74) is 3.34. The van der Waals surface area contributed by atoms with Crippen LogP contribution in [0.2, 0.25) is 0 Å². The predicted octanol–water partition coefficient (Wildman–Crippen LogP) is 2.85. The molecule has 2 N–H and O–H groups in total. The van der Waals surface area contributed by atoms with Gasteiger partial charge in [0.1, 0.15) is 5.82 Å². The van der Waals surface area contributed by atoms with Crippen molar-refractivity contribution in [3.8, 4) is 0 Å². The summed E-state index contributed by atoms with van der Waals surface area (Å²) in [5.74, 6) is 2.35. The predicted molar refractivity (Wildman–Crippen MR) is 112 cm³/mol. The number of H-pyrrole nitrogens is 1. The fourth-order valence-electron chi connectivity index (χ4n) is 3.33. The molecule has 0 unspecified atom stereocenters. The van der Waals surface area contributed by atoms with Gasteiger partial charge in [-0.1, -0.05) is 37.3 Å². The Morgan fingerprint density at radius 2 is 1.79 bits per heavy atom. The van der Waals surface area contributed by atoms with Crippen LogP contribution in [0.25, 0.3) is 0 Å². The molecule has 1 fully saturated rings. The molecular formula is C21H27N7. The number of hydrogen-bond acceptors (Lipinski definition) is 6. The van der Waals surface area contributed by atoms with Crippen LogP contribution in [0.5, 0.6) is 0 Å². The molecule has 0 radical (unpaired) electrons. The van der Waals surface area contributed by atoms with Crippen molar-refractivity contribution in [1.82, 2.24) is 25.1 Å². The summed E-state index contributed by atoms with van der Waals surface area (Å²) >= 11 is 0. The number of piperazine rings is 1. The highest BCUT2D eigenvalue weighted by molar-refractivity contribution is 5.55. The van der Waals surface area contributed by atoms with Gasteiger partial charge >= 0.3 is 0 Å². The number of likely N-dealkylation sites (N-methyl/N-ethyl adjacent to an activating group) is 1. The Bertz CT molecular complexity index is 898. The average Bonchev–Trinajstić information content (AvgIpc) is 3.17. The highest BCUT2D eigenvalue weighted by atomic mass is 15.3. The van der Waals surface area contributed by atoms with E-state index >= 15 is 0 Å². The summed E-state index contributed by atoms with van der Waals surface area (Å²) in [6.07, 6.45) is 1.70. The fraction of sp³-hybridized carbons (Fsp3) is 0.381. The van der Waals surface area contributed by atoms with Gasteiger partial charge in [0.15, 0.2) is 5.82 Å². The van der Waals surface area contributed by atoms with Crippen molar-refractivity contribution < 1.29 is 0 Å². The van der Waals surface area contributed by atoms with Crippen LogP contribution < -0.4 is 10.2 Å². The number of anilines is 3. The van der Waals surface area contributed by atoms with Crippen molar-refractivity contribution >= 4 is 17.6 Å². The van der Waals surface area contributed by atoms with E-state index in [-0.39, 0.29) is 0 Å². The van der Waals surface area contributed by atoms with Gasteiger partial charge in [-0.05, 0) is 19.0 Å². The largest absolute Gasteiger partial charge is 0.338 e. The lowest BCUT2D eigenvalue weighted by Gasteiger charge is -2.32. The zero-order valence-corrected chi connectivity index (χ0v) is 16.5. The molecule has 1 aliphatic heterocycles. The monoisotopic (exact) mass is 377 g/mol. The topological polar surface area (TPSA) is 73.0 Å². The summed E-state index contributed by atoms with van der Waals surface area (Å²) in [4.78, 5) is 14.3. The van der Waals surface area contributed by atoms with Crippen molar-refractivity contribution in [2.45, 2.75) is 19.8 Å². The first-order valence-corrected chi connectivity index (χ1v) is 9.86. The molecule has 7 nitrogen and oxygen atoms in total. The first kappa shape index (κ1) is 18.4. The maximum absolute atomic E-state index is 4.87. The minimum atomic E-state index is 0.777. The minimum Gasteiger partial charge on any atom is -0.338 e. The second-order valence-corrected chi connectivity index (χ2v) is 7.25. The van der Waals surface area contributed by atoms with Crippen molar-refractivity contribution in [2.75, 3.05) is 43.4 Å². The molecule has 0 spiro atoms. The van der Waals surface area contributed by atoms with Crippen LogP contribution in [0.3, 0.4) is 0 Å². The van der Waals surface area contributed by atoms with Gasteiger partial charge in [-0.2, -0.15) is 10.1 Å². The third-order valence-corrected chi connectivity index (χ3v) is 5.05. The van der Waals surface area contributed by atoms with Gasteiger partial charge in [0.05, 0.1) is 5.69 Å². The first-order valence-electron chi connectivity index (χ1n) is 9.86. The highest BCUT2D eigenvalue weighted by Gasteiger charge is 2.18. The molecule has 4 rings (SSSR count). The Labute approximate surface area is 165 Å². The average molecular weight is 377 g/mol. The van der Waals surface area contributed by atoms with E-state index < -0.39 is 0 Å². The highest BCUT2D eigenvalue weighted by Crippen LogP contribution is 2.21. The number of aromatic nitrogens is 4. The quantitative estimate of drug-likeness (QED) is 0.688. The summed E-state index contributed by atoms with van der Waals surface area (Å²) in [6, 6.07) is 14.5. The number of nitrogens with one attached hydrogen (secondary N) is 2. The number of aromatic amines is 1. The van der Waals surface area contributed by atoms with E-state index in [4.69, 9.17) is 9.97 Å². The second-order valence-electron chi connectivity index (χ2n) is 7.25. The molecule has 28 heavy (non-hydrogen) atoms. The minimum absolute atomic E-state index is 0.777. The lowest BCUT2D eigenvalue weighted by molar-refractivity contribution is 0.311. The third kappa shape index (κ3) is 4.48. The Morgan fingerprint density at radius 1 is 1.00 bits per heavy atom. The Balaban J connectivity index is 1.61. The van der Waals surface area contributed by atoms with Crippen molar-refractivity contribution in [3.05, 3.63) is 59.4 Å². The van der Waals surface area contributed by atoms with Crippen molar-refractivity contribution in [3.63, 3.8) is 0 Å². The van der Waals surface area contributed by atoms with Crippen LogP contribution >= 0.6 is 0 Å². The van der Waals surface area contributed by atoms with Gasteiger partial charge in [0.25, 0.3) is 0 Å². The standard InChI is InChI=1S/C21H27N7/c1-3-17-14-20(26-25-17)23-19-15-18(13-16-7-5-4-6-8-16)22-21(24-19)28-11-9-27(2)10-12-28/h4-8,14-15H,3,9-13H2,1-2H3,(H2,22,23,24,25,26). The molecule has 2 aromatic heterocycles. The molecule has 0 bridgehead atoms. The Hall–Kier alpha value is -2.93. The number of rotatable bonds is 6. The molecule has 0 aliphatic carbocycles. The number of nitrogens with zero attached hydrogens (tertiary/aromatic N) is 5. The SMILES string of the molecule is CCc1cc(Nc2cc(Cc3ccccc3)nc(N3CCN(C)CC3)n2)n[nH]1. The van der Waals surface area contributed by atoms with Crippen molar-refractivity contribution in [2.24, 2.45) is 0 Å². The maximum Gasteiger partial charge on any atom is 0.227 e. The summed E-state index contributed by atoms with van der Waals surface area (Å²) in [7, 11) is 2.15. The van der Waals surface area contributed by atoms with E-state index in [0.29, 0.717) is 0 Å². The van der Waals surface area contributed by atoms with Crippen LogP contribution in [-0.4, -0.2) is 58.3 Å². The summed E-state index contributed by atoms with van der Waals surface area (Å²) in [6.45, 7) is 6.02. The third-order valence-electron chi connectivity index (χ3n) is 5.05. The van der Waals surface area contributed by atoms with Gasteiger partial charge in [-0.15, -0.1) is 0 Å². The van der Waals surface area contributed by atoms with Crippen LogP contribution in [0, 0.1) is 0 Å². The lowest BCUT2D eigenvalue weighted by Crippen LogP contribution is -2.45. The molecular weight excluding hydrogens is 350 g/mol. The molecule has 1 aliphatic rings. The molecule has 0 atom stereocenters. The maximum atomic E-state index is 4.87. The molecule has 1 saturated heterocycles. The first-order chi connectivity index (χ1) is 13.7. The van der Waals surface area contributed by atoms with E-state index in [1.807, 2.05) is 18.2 Å². The summed E-state index contributed by atoms with van der Waals surface area (Å²) < 4.78 is 0. The van der Waals surface area contributed by atoms with Crippen molar-refractivity contribution in [1.29, 1.82) is 0 Å². The smallest absolute Gasteiger partial charge is 0.227 e. The number of hydrogen-bond donors (Lipinski definition) is 2. The Kier molecular flexibility index (Phi) is 5.53. The van der Waals surface area contributed by atoms with Crippen LogP contribution in [0.4, 0.5) is 17.6 Å². The Morgan fingerprint density at radius 3 is 2.50 bits per heavy atom. The fourth-order valence-corrected chi connectivity index (χ4v) is 3.33. The molecule has 146 valence electrons. The van der Waals surface area contributed by atoms with Gasteiger partial charge < -0.3 is 15.1 Å². The summed E-state index contributed by atoms with van der Waals surface area (Å²) in [5, 5.41) is 10.7. The number of aryl methyl sites for hydroxylation is 1. The zero-order chi connectivity index (χ0) is 19.3.